The molecule has 11 heavy (non-hydrogen) atoms. The highest BCUT2D eigenvalue weighted by Crippen LogP contribution is 2.18. The van der Waals surface area contributed by atoms with Gasteiger partial charge in [-0.3, -0.25) is 4.84 Å². The van der Waals surface area contributed by atoms with Crippen molar-refractivity contribution in [2.45, 2.75) is 0 Å². The summed E-state index contributed by atoms with van der Waals surface area (Å²) in [6, 6.07) is 0. The van der Waals surface area contributed by atoms with Gasteiger partial charge < -0.3 is 0 Å². The van der Waals surface area contributed by atoms with Gasteiger partial charge in [-0.25, -0.2) is 10.0 Å². The number of fused-ring (bicyclic) bond motifs is 1. The molecule has 58 valence electrons. The number of hydrogen-bond acceptors (Lipinski definition) is 4. The van der Waals surface area contributed by atoms with Crippen LogP contribution in [0.4, 0.5) is 0 Å². The van der Waals surface area contributed by atoms with Gasteiger partial charge in [0.15, 0.2) is 0 Å². The molecule has 0 saturated carbocycles. The molecule has 0 amide bonds. The molecule has 2 aliphatic rings. The lowest BCUT2D eigenvalue weighted by atomic mass is 10.5. The highest BCUT2D eigenvalue weighted by Gasteiger charge is 2.19. The zero-order valence-corrected chi connectivity index (χ0v) is 6.27. The molecule has 0 atom stereocenters. The lowest BCUT2D eigenvalue weighted by Gasteiger charge is -2.30. The van der Waals surface area contributed by atoms with Crippen molar-refractivity contribution in [3.8, 4) is 0 Å². The Hall–Kier alpha value is -1.29. The molecule has 4 nitrogen and oxygen atoms in total. The first kappa shape index (κ1) is 6.42. The van der Waals surface area contributed by atoms with E-state index in [1.807, 2.05) is 29.6 Å². The van der Waals surface area contributed by atoms with Gasteiger partial charge in [0.05, 0.1) is 19.9 Å². The van der Waals surface area contributed by atoms with Crippen molar-refractivity contribution in [3.05, 3.63) is 24.2 Å². The van der Waals surface area contributed by atoms with Crippen LogP contribution in [0.15, 0.2) is 29.2 Å². The van der Waals surface area contributed by atoms with Crippen LogP contribution in [0.1, 0.15) is 0 Å². The van der Waals surface area contributed by atoms with E-state index in [1.54, 1.807) is 12.3 Å². The minimum atomic E-state index is 0.782. The standard InChI is InChI=1S/C7H9N3O/c1-11-10-5-2-3-7-8-4-6-9(7)10/h2-5H,6H2,1H3. The van der Waals surface area contributed by atoms with Crippen LogP contribution in [-0.4, -0.2) is 30.1 Å². The van der Waals surface area contributed by atoms with Crippen molar-refractivity contribution >= 4 is 6.21 Å². The van der Waals surface area contributed by atoms with E-state index in [0.717, 1.165) is 12.4 Å². The van der Waals surface area contributed by atoms with Gasteiger partial charge in [-0.05, 0) is 12.2 Å². The maximum atomic E-state index is 5.06. The van der Waals surface area contributed by atoms with Crippen molar-refractivity contribution in [3.63, 3.8) is 0 Å². The summed E-state index contributed by atoms with van der Waals surface area (Å²) in [5.41, 5.74) is 0. The average molecular weight is 151 g/mol. The quantitative estimate of drug-likeness (QED) is 0.547. The number of hydrazine groups is 1. The maximum absolute atomic E-state index is 5.06. The minimum Gasteiger partial charge on any atom is -0.257 e. The smallest absolute Gasteiger partial charge is 0.149 e. The normalized spacial score (nSPS) is 20.6. The summed E-state index contributed by atoms with van der Waals surface area (Å²) in [5, 5.41) is 3.59. The van der Waals surface area contributed by atoms with Gasteiger partial charge in [-0.15, -0.1) is 0 Å². The Balaban J connectivity index is 2.23. The first-order valence-electron chi connectivity index (χ1n) is 3.43. The number of hydrogen-bond donors (Lipinski definition) is 0. The number of allylic oxidation sites excluding steroid dienone is 2. The van der Waals surface area contributed by atoms with Crippen molar-refractivity contribution in [2.75, 3.05) is 13.7 Å². The van der Waals surface area contributed by atoms with E-state index >= 15 is 0 Å². The van der Waals surface area contributed by atoms with Gasteiger partial charge in [-0.2, -0.15) is 5.17 Å². The number of hydroxylamine groups is 1. The third-order valence-electron chi connectivity index (χ3n) is 1.63. The Morgan fingerprint density at radius 2 is 2.55 bits per heavy atom. The Morgan fingerprint density at radius 1 is 1.64 bits per heavy atom. The fraction of sp³-hybridized carbons (Fsp3) is 0.286. The summed E-state index contributed by atoms with van der Waals surface area (Å²) >= 11 is 0. The molecule has 0 bridgehead atoms. The molecule has 4 heteroatoms. The van der Waals surface area contributed by atoms with E-state index in [9.17, 15) is 0 Å². The van der Waals surface area contributed by atoms with E-state index in [0.29, 0.717) is 0 Å². The predicted octanol–water partition coefficient (Wildman–Crippen LogP) is 0.520. The van der Waals surface area contributed by atoms with E-state index in [1.165, 1.54) is 0 Å². The zero-order chi connectivity index (χ0) is 7.68. The van der Waals surface area contributed by atoms with Gasteiger partial charge in [0.1, 0.15) is 5.82 Å². The van der Waals surface area contributed by atoms with E-state index < -0.39 is 0 Å². The van der Waals surface area contributed by atoms with Crippen LogP contribution < -0.4 is 0 Å². The molecular weight excluding hydrogens is 142 g/mol. The van der Waals surface area contributed by atoms with E-state index in [2.05, 4.69) is 4.99 Å². The Labute approximate surface area is 65.0 Å². The first-order chi connectivity index (χ1) is 5.42. The highest BCUT2D eigenvalue weighted by atomic mass is 16.7. The van der Waals surface area contributed by atoms with Crippen LogP contribution in [0.2, 0.25) is 0 Å². The van der Waals surface area contributed by atoms with Crippen LogP contribution in [0, 0.1) is 0 Å². The average Bonchev–Trinajstić information content (AvgIpc) is 2.50. The molecule has 0 spiro atoms. The van der Waals surface area contributed by atoms with E-state index in [4.69, 9.17) is 4.84 Å². The van der Waals surface area contributed by atoms with Crippen molar-refractivity contribution < 1.29 is 4.84 Å². The number of nitrogens with zero attached hydrogens (tertiary/aromatic N) is 3. The maximum Gasteiger partial charge on any atom is 0.149 e. The third-order valence-corrected chi connectivity index (χ3v) is 1.63. The van der Waals surface area contributed by atoms with Crippen molar-refractivity contribution in [1.82, 2.24) is 10.2 Å². The highest BCUT2D eigenvalue weighted by molar-refractivity contribution is 5.64. The predicted molar refractivity (Wildman–Crippen MR) is 41.3 cm³/mol. The molecule has 0 radical (unpaired) electrons. The van der Waals surface area contributed by atoms with Crippen LogP contribution >= 0.6 is 0 Å². The summed E-state index contributed by atoms with van der Waals surface area (Å²) in [7, 11) is 1.63. The van der Waals surface area contributed by atoms with Gasteiger partial charge in [-0.1, -0.05) is 0 Å². The minimum absolute atomic E-state index is 0.782. The number of rotatable bonds is 1. The SMILES string of the molecule is CON1C=CC=C2N=CCN21. The zero-order valence-electron chi connectivity index (χ0n) is 6.27. The second kappa shape index (κ2) is 2.39. The lowest BCUT2D eigenvalue weighted by Crippen LogP contribution is -2.36. The molecule has 0 aliphatic carbocycles. The Kier molecular flexibility index (Phi) is 1.40. The lowest BCUT2D eigenvalue weighted by molar-refractivity contribution is -0.210. The van der Waals surface area contributed by atoms with Crippen LogP contribution in [0.5, 0.6) is 0 Å². The molecular formula is C7H9N3O. The van der Waals surface area contributed by atoms with Crippen LogP contribution in [0.25, 0.3) is 0 Å². The summed E-state index contributed by atoms with van der Waals surface area (Å²) in [6.45, 7) is 0.782. The first-order valence-corrected chi connectivity index (χ1v) is 3.43. The molecule has 0 saturated heterocycles. The molecule has 0 aromatic carbocycles. The van der Waals surface area contributed by atoms with Gasteiger partial charge >= 0.3 is 0 Å². The molecule has 2 aliphatic heterocycles. The van der Waals surface area contributed by atoms with Crippen molar-refractivity contribution in [1.29, 1.82) is 0 Å². The van der Waals surface area contributed by atoms with Gasteiger partial charge in [0.2, 0.25) is 0 Å². The second-order valence-electron chi connectivity index (χ2n) is 2.25. The summed E-state index contributed by atoms with van der Waals surface area (Å²) < 4.78 is 0. The summed E-state index contributed by atoms with van der Waals surface area (Å²) in [6.07, 6.45) is 7.54. The second-order valence-corrected chi connectivity index (χ2v) is 2.25. The topological polar surface area (TPSA) is 28.1 Å². The number of aliphatic imine (C=N–C) groups is 1. The molecule has 0 fully saturated rings. The molecule has 0 aromatic heterocycles. The summed E-state index contributed by atoms with van der Waals surface area (Å²) in [4.78, 5) is 9.20. The molecule has 0 N–H and O–H groups in total. The van der Waals surface area contributed by atoms with Crippen molar-refractivity contribution in [2.24, 2.45) is 4.99 Å². The molecule has 0 aromatic rings. The monoisotopic (exact) mass is 151 g/mol. The molecule has 0 unspecified atom stereocenters. The Bertz CT molecular complexity index is 244. The van der Waals surface area contributed by atoms with Gasteiger partial charge in [0.25, 0.3) is 0 Å². The fourth-order valence-electron chi connectivity index (χ4n) is 1.13. The van der Waals surface area contributed by atoms with Gasteiger partial charge in [0, 0.05) is 6.21 Å². The van der Waals surface area contributed by atoms with Crippen LogP contribution in [0.3, 0.4) is 0 Å². The van der Waals surface area contributed by atoms with Crippen LogP contribution in [-0.2, 0) is 4.84 Å². The largest absolute Gasteiger partial charge is 0.257 e. The Morgan fingerprint density at radius 3 is 3.36 bits per heavy atom. The fourth-order valence-corrected chi connectivity index (χ4v) is 1.13. The third kappa shape index (κ3) is 0.914. The van der Waals surface area contributed by atoms with E-state index in [-0.39, 0.29) is 0 Å². The summed E-state index contributed by atoms with van der Waals surface area (Å²) in [5.74, 6) is 0.925. The molecule has 2 heterocycles. The molecule has 2 rings (SSSR count).